The molecule has 2 aliphatic heterocycles. The Bertz CT molecular complexity index is 1040. The fourth-order valence-electron chi connectivity index (χ4n) is 4.01. The molecule has 2 aromatic carbocycles. The van der Waals surface area contributed by atoms with E-state index in [2.05, 4.69) is 5.32 Å². The highest BCUT2D eigenvalue weighted by atomic mass is 16.6. The van der Waals surface area contributed by atoms with Crippen molar-refractivity contribution in [3.05, 3.63) is 59.7 Å². The van der Waals surface area contributed by atoms with Crippen LogP contribution in [-0.2, 0) is 32.0 Å². The first-order chi connectivity index (χ1) is 15.7. The van der Waals surface area contributed by atoms with E-state index in [0.29, 0.717) is 31.8 Å². The number of rotatable bonds is 3. The van der Waals surface area contributed by atoms with Gasteiger partial charge in [-0.3, -0.25) is 14.5 Å². The molecule has 0 radical (unpaired) electrons. The van der Waals surface area contributed by atoms with Crippen molar-refractivity contribution in [3.63, 3.8) is 0 Å². The van der Waals surface area contributed by atoms with E-state index in [1.807, 2.05) is 24.3 Å². The Balaban J connectivity index is 1.51. The lowest BCUT2D eigenvalue weighted by molar-refractivity contribution is -0.125. The number of morpholine rings is 1. The molecule has 2 heterocycles. The maximum absolute atomic E-state index is 13.3. The Morgan fingerprint density at radius 3 is 2.42 bits per heavy atom. The van der Waals surface area contributed by atoms with E-state index in [0.717, 1.165) is 16.8 Å². The van der Waals surface area contributed by atoms with Crippen LogP contribution < -0.4 is 10.2 Å². The standard InChI is InChI=1S/C25H29N3O5/c1-25(2,3)33-24(31)28-15-18-7-5-4-6-17(18)14-21(28)23(30)26-19-8-10-20(11-9-19)27-12-13-32-16-22(27)29/h4-11,21H,12-16H2,1-3H3,(H,26,30)/t21-/m1/s1. The Labute approximate surface area is 193 Å². The van der Waals surface area contributed by atoms with Gasteiger partial charge in [0.25, 0.3) is 5.91 Å². The minimum absolute atomic E-state index is 0.0716. The van der Waals surface area contributed by atoms with Gasteiger partial charge in [0.2, 0.25) is 5.91 Å². The van der Waals surface area contributed by atoms with E-state index in [1.54, 1.807) is 49.9 Å². The van der Waals surface area contributed by atoms with Crippen molar-refractivity contribution >= 4 is 29.3 Å². The Kier molecular flexibility index (Phi) is 6.37. The number of benzene rings is 2. The molecule has 8 nitrogen and oxygen atoms in total. The van der Waals surface area contributed by atoms with Crippen molar-refractivity contribution in [1.29, 1.82) is 0 Å². The van der Waals surface area contributed by atoms with Crippen LogP contribution >= 0.6 is 0 Å². The predicted molar refractivity (Wildman–Crippen MR) is 124 cm³/mol. The molecule has 1 N–H and O–H groups in total. The molecule has 0 spiro atoms. The highest BCUT2D eigenvalue weighted by Crippen LogP contribution is 2.27. The van der Waals surface area contributed by atoms with Crippen molar-refractivity contribution < 1.29 is 23.9 Å². The highest BCUT2D eigenvalue weighted by Gasteiger charge is 2.37. The summed E-state index contributed by atoms with van der Waals surface area (Å²) in [7, 11) is 0. The second-order valence-corrected chi connectivity index (χ2v) is 9.23. The van der Waals surface area contributed by atoms with E-state index in [1.165, 1.54) is 4.90 Å². The molecule has 0 bridgehead atoms. The number of hydrogen-bond acceptors (Lipinski definition) is 5. The predicted octanol–water partition coefficient (Wildman–Crippen LogP) is 3.35. The van der Waals surface area contributed by atoms with Gasteiger partial charge in [0.1, 0.15) is 18.2 Å². The molecule has 174 valence electrons. The molecule has 3 amide bonds. The second kappa shape index (κ2) is 9.23. The molecule has 0 aromatic heterocycles. The van der Waals surface area contributed by atoms with Crippen LogP contribution in [0.5, 0.6) is 0 Å². The lowest BCUT2D eigenvalue weighted by Crippen LogP contribution is -2.52. The van der Waals surface area contributed by atoms with Crippen LogP contribution in [0.15, 0.2) is 48.5 Å². The molecule has 4 rings (SSSR count). The van der Waals surface area contributed by atoms with Gasteiger partial charge in [0, 0.05) is 24.3 Å². The van der Waals surface area contributed by atoms with Crippen molar-refractivity contribution in [3.8, 4) is 0 Å². The summed E-state index contributed by atoms with van der Waals surface area (Å²) in [5.41, 5.74) is 2.73. The summed E-state index contributed by atoms with van der Waals surface area (Å²) in [4.78, 5) is 41.4. The van der Waals surface area contributed by atoms with Crippen LogP contribution in [-0.4, -0.2) is 54.2 Å². The van der Waals surface area contributed by atoms with Crippen LogP contribution in [0.1, 0.15) is 31.9 Å². The monoisotopic (exact) mass is 451 g/mol. The molecule has 2 aromatic rings. The van der Waals surface area contributed by atoms with Gasteiger partial charge in [-0.05, 0) is 56.2 Å². The normalized spacial score (nSPS) is 18.5. The smallest absolute Gasteiger partial charge is 0.411 e. The quantitative estimate of drug-likeness (QED) is 0.773. The van der Waals surface area contributed by atoms with Crippen molar-refractivity contribution in [2.24, 2.45) is 0 Å². The first kappa shape index (κ1) is 22.8. The van der Waals surface area contributed by atoms with Gasteiger partial charge in [-0.15, -0.1) is 0 Å². The zero-order valence-corrected chi connectivity index (χ0v) is 19.2. The van der Waals surface area contributed by atoms with Gasteiger partial charge in [0.15, 0.2) is 0 Å². The van der Waals surface area contributed by atoms with Crippen LogP contribution in [0.3, 0.4) is 0 Å². The van der Waals surface area contributed by atoms with E-state index >= 15 is 0 Å². The van der Waals surface area contributed by atoms with Crippen LogP contribution in [0.2, 0.25) is 0 Å². The zero-order chi connectivity index (χ0) is 23.6. The van der Waals surface area contributed by atoms with Gasteiger partial charge >= 0.3 is 6.09 Å². The molecule has 33 heavy (non-hydrogen) atoms. The van der Waals surface area contributed by atoms with Crippen LogP contribution in [0.25, 0.3) is 0 Å². The fraction of sp³-hybridized carbons (Fsp3) is 0.400. The Morgan fingerprint density at radius 1 is 1.06 bits per heavy atom. The van der Waals surface area contributed by atoms with Gasteiger partial charge in [0.05, 0.1) is 13.2 Å². The summed E-state index contributed by atoms with van der Waals surface area (Å²) in [5, 5.41) is 2.91. The summed E-state index contributed by atoms with van der Waals surface area (Å²) in [5.74, 6) is -0.377. The number of hydrogen-bond donors (Lipinski definition) is 1. The van der Waals surface area contributed by atoms with Gasteiger partial charge < -0.3 is 19.7 Å². The van der Waals surface area contributed by atoms with Crippen LogP contribution in [0, 0.1) is 0 Å². The summed E-state index contributed by atoms with van der Waals surface area (Å²) < 4.78 is 10.7. The maximum atomic E-state index is 13.3. The van der Waals surface area contributed by atoms with Crippen molar-refractivity contribution in [1.82, 2.24) is 4.90 Å². The average Bonchev–Trinajstić information content (AvgIpc) is 2.78. The van der Waals surface area contributed by atoms with Crippen molar-refractivity contribution in [2.45, 2.75) is 45.4 Å². The largest absolute Gasteiger partial charge is 0.444 e. The van der Waals surface area contributed by atoms with E-state index < -0.39 is 17.7 Å². The van der Waals surface area contributed by atoms with Gasteiger partial charge in [-0.25, -0.2) is 4.79 Å². The third kappa shape index (κ3) is 5.34. The number of nitrogens with zero attached hydrogens (tertiary/aromatic N) is 2. The molecule has 2 aliphatic rings. The van der Waals surface area contributed by atoms with Gasteiger partial charge in [-0.1, -0.05) is 24.3 Å². The molecular formula is C25H29N3O5. The van der Waals surface area contributed by atoms with E-state index in [-0.39, 0.29) is 18.4 Å². The fourth-order valence-corrected chi connectivity index (χ4v) is 4.01. The minimum Gasteiger partial charge on any atom is -0.444 e. The number of carbonyl (C=O) groups is 3. The van der Waals surface area contributed by atoms with E-state index in [4.69, 9.17) is 9.47 Å². The third-order valence-electron chi connectivity index (χ3n) is 5.61. The number of fused-ring (bicyclic) bond motifs is 1. The maximum Gasteiger partial charge on any atom is 0.411 e. The number of ether oxygens (including phenoxy) is 2. The molecule has 8 heteroatoms. The van der Waals surface area contributed by atoms with E-state index in [9.17, 15) is 14.4 Å². The van der Waals surface area contributed by atoms with Gasteiger partial charge in [-0.2, -0.15) is 0 Å². The first-order valence-corrected chi connectivity index (χ1v) is 11.1. The topological polar surface area (TPSA) is 88.2 Å². The minimum atomic E-state index is -0.699. The summed E-state index contributed by atoms with van der Waals surface area (Å²) in [6.45, 7) is 6.78. The molecule has 1 fully saturated rings. The number of amides is 3. The lowest BCUT2D eigenvalue weighted by Gasteiger charge is -2.36. The number of nitrogens with one attached hydrogen (secondary N) is 1. The number of anilines is 2. The summed E-state index contributed by atoms with van der Waals surface area (Å²) >= 11 is 0. The Morgan fingerprint density at radius 2 is 1.76 bits per heavy atom. The van der Waals surface area contributed by atoms with Crippen LogP contribution in [0.4, 0.5) is 16.2 Å². The first-order valence-electron chi connectivity index (χ1n) is 11.1. The lowest BCUT2D eigenvalue weighted by atomic mass is 9.93. The summed E-state index contributed by atoms with van der Waals surface area (Å²) in [6, 6.07) is 14.2. The molecule has 0 saturated carbocycles. The SMILES string of the molecule is CC(C)(C)OC(=O)N1Cc2ccccc2C[C@@H]1C(=O)Nc1ccc(N2CCOCC2=O)cc1. The highest BCUT2D eigenvalue weighted by molar-refractivity contribution is 5.98. The Hall–Kier alpha value is -3.39. The molecular weight excluding hydrogens is 422 g/mol. The summed E-state index contributed by atoms with van der Waals surface area (Å²) in [6.07, 6.45) is -0.111. The molecule has 0 aliphatic carbocycles. The van der Waals surface area contributed by atoms with Crippen molar-refractivity contribution in [2.75, 3.05) is 30.0 Å². The molecule has 1 saturated heterocycles. The number of carbonyl (C=O) groups excluding carboxylic acids is 3. The second-order valence-electron chi connectivity index (χ2n) is 9.23. The molecule has 1 atom stereocenters. The molecule has 0 unspecified atom stereocenters. The third-order valence-corrected chi connectivity index (χ3v) is 5.61. The zero-order valence-electron chi connectivity index (χ0n) is 19.2. The average molecular weight is 452 g/mol.